The van der Waals surface area contributed by atoms with Gasteiger partial charge in [-0.3, -0.25) is 14.2 Å². The lowest BCUT2D eigenvalue weighted by Gasteiger charge is -2.13. The third-order valence-corrected chi connectivity index (χ3v) is 4.14. The number of carbonyl (C=O) groups excluding carboxylic acids is 1. The molecule has 3 aromatic rings. The summed E-state index contributed by atoms with van der Waals surface area (Å²) in [4.78, 5) is 25.5. The van der Waals surface area contributed by atoms with Crippen LogP contribution >= 0.6 is 0 Å². The zero-order valence-corrected chi connectivity index (χ0v) is 14.8. The minimum atomic E-state index is -0.563. The predicted molar refractivity (Wildman–Crippen MR) is 99.6 cm³/mol. The molecule has 0 bridgehead atoms. The second-order valence-corrected chi connectivity index (χ2v) is 5.95. The molecule has 0 aliphatic rings. The van der Waals surface area contributed by atoms with Gasteiger partial charge in [-0.15, -0.1) is 0 Å². The van der Waals surface area contributed by atoms with Crippen LogP contribution in [0.4, 0.5) is 0 Å². The second-order valence-electron chi connectivity index (χ2n) is 5.95. The number of para-hydroxylation sites is 2. The number of nitriles is 1. The fourth-order valence-corrected chi connectivity index (χ4v) is 2.78. The fourth-order valence-electron chi connectivity index (χ4n) is 2.78. The van der Waals surface area contributed by atoms with Gasteiger partial charge in [0.15, 0.2) is 5.78 Å². The van der Waals surface area contributed by atoms with Crippen LogP contribution in [0.15, 0.2) is 59.5 Å². The van der Waals surface area contributed by atoms with Crippen molar-refractivity contribution in [2.45, 2.75) is 6.92 Å². The van der Waals surface area contributed by atoms with Gasteiger partial charge in [-0.1, -0.05) is 23.8 Å². The van der Waals surface area contributed by atoms with Crippen molar-refractivity contribution in [1.29, 1.82) is 5.26 Å². The number of phenols is 1. The van der Waals surface area contributed by atoms with Gasteiger partial charge in [0.05, 0.1) is 18.4 Å². The lowest BCUT2D eigenvalue weighted by molar-refractivity contribution is 0.103. The SMILES string of the molecule is COc1ccccc1-n1cc(C(=O)c2cc(C)ccc2O)cc(C#N)c1=O. The van der Waals surface area contributed by atoms with Gasteiger partial charge in [0, 0.05) is 11.8 Å². The van der Waals surface area contributed by atoms with Crippen LogP contribution in [-0.2, 0) is 0 Å². The van der Waals surface area contributed by atoms with Crippen molar-refractivity contribution >= 4 is 5.78 Å². The molecule has 1 heterocycles. The molecule has 134 valence electrons. The average Bonchev–Trinajstić information content (AvgIpc) is 2.69. The Kier molecular flexibility index (Phi) is 4.77. The van der Waals surface area contributed by atoms with E-state index in [0.29, 0.717) is 11.4 Å². The van der Waals surface area contributed by atoms with E-state index >= 15 is 0 Å². The Hall–Kier alpha value is -3.85. The average molecular weight is 360 g/mol. The highest BCUT2D eigenvalue weighted by molar-refractivity contribution is 6.10. The number of aromatic hydroxyl groups is 1. The van der Waals surface area contributed by atoms with Crippen LogP contribution in [0.5, 0.6) is 11.5 Å². The number of hydrogen-bond acceptors (Lipinski definition) is 5. The van der Waals surface area contributed by atoms with Crippen LogP contribution in [0.1, 0.15) is 27.0 Å². The quantitative estimate of drug-likeness (QED) is 0.722. The van der Waals surface area contributed by atoms with Crippen LogP contribution < -0.4 is 10.3 Å². The first-order valence-corrected chi connectivity index (χ1v) is 8.10. The van der Waals surface area contributed by atoms with Crippen molar-refractivity contribution in [3.63, 3.8) is 0 Å². The Morgan fingerprint density at radius 1 is 1.19 bits per heavy atom. The Labute approximate surface area is 155 Å². The van der Waals surface area contributed by atoms with E-state index in [1.165, 1.54) is 30.0 Å². The number of methoxy groups -OCH3 is 1. The minimum Gasteiger partial charge on any atom is -0.507 e. The highest BCUT2D eigenvalue weighted by Gasteiger charge is 2.19. The van der Waals surface area contributed by atoms with Crippen molar-refractivity contribution in [2.24, 2.45) is 0 Å². The number of ketones is 1. The zero-order valence-electron chi connectivity index (χ0n) is 14.8. The van der Waals surface area contributed by atoms with Crippen molar-refractivity contribution in [3.05, 3.63) is 87.3 Å². The summed E-state index contributed by atoms with van der Waals surface area (Å²) in [6, 6.07) is 14.5. The Balaban J connectivity index is 2.24. The van der Waals surface area contributed by atoms with E-state index in [1.54, 1.807) is 43.3 Å². The number of aryl methyl sites for hydroxylation is 1. The molecule has 0 unspecified atom stereocenters. The van der Waals surface area contributed by atoms with E-state index in [1.807, 2.05) is 6.07 Å². The number of rotatable bonds is 4. The second kappa shape index (κ2) is 7.18. The molecule has 6 heteroatoms. The van der Waals surface area contributed by atoms with Crippen LogP contribution in [0.25, 0.3) is 5.69 Å². The van der Waals surface area contributed by atoms with Gasteiger partial charge in [0.1, 0.15) is 23.1 Å². The number of hydrogen-bond donors (Lipinski definition) is 1. The fraction of sp³-hybridized carbons (Fsp3) is 0.0952. The first-order chi connectivity index (χ1) is 13.0. The molecule has 1 N–H and O–H groups in total. The molecule has 1 aromatic heterocycles. The molecule has 0 aliphatic heterocycles. The molecule has 0 saturated heterocycles. The van der Waals surface area contributed by atoms with Crippen LogP contribution in [0.3, 0.4) is 0 Å². The highest BCUT2D eigenvalue weighted by atomic mass is 16.5. The topological polar surface area (TPSA) is 92.3 Å². The van der Waals surface area contributed by atoms with E-state index in [2.05, 4.69) is 0 Å². The van der Waals surface area contributed by atoms with Crippen LogP contribution in [0.2, 0.25) is 0 Å². The van der Waals surface area contributed by atoms with E-state index in [0.717, 1.165) is 5.56 Å². The minimum absolute atomic E-state index is 0.101. The molecule has 3 rings (SSSR count). The van der Waals surface area contributed by atoms with Crippen LogP contribution in [-0.4, -0.2) is 22.6 Å². The molecule has 27 heavy (non-hydrogen) atoms. The summed E-state index contributed by atoms with van der Waals surface area (Å²) < 4.78 is 6.49. The standard InChI is InChI=1S/C21H16N2O4/c1-13-7-8-18(24)16(9-13)20(25)15-10-14(11-22)21(26)23(12-15)17-5-3-4-6-19(17)27-2/h3-10,12,24H,1-2H3. The van der Waals surface area contributed by atoms with Gasteiger partial charge in [-0.25, -0.2) is 0 Å². The van der Waals surface area contributed by atoms with Gasteiger partial charge >= 0.3 is 0 Å². The smallest absolute Gasteiger partial charge is 0.273 e. The molecular formula is C21H16N2O4. The summed E-state index contributed by atoms with van der Waals surface area (Å²) in [5, 5.41) is 19.4. The van der Waals surface area contributed by atoms with Crippen molar-refractivity contribution < 1.29 is 14.6 Å². The largest absolute Gasteiger partial charge is 0.507 e. The molecule has 0 atom stereocenters. The number of benzene rings is 2. The van der Waals surface area contributed by atoms with Gasteiger partial charge in [-0.2, -0.15) is 5.26 Å². The predicted octanol–water partition coefficient (Wildman–Crippen LogP) is 2.96. The highest BCUT2D eigenvalue weighted by Crippen LogP contribution is 2.24. The van der Waals surface area contributed by atoms with Crippen molar-refractivity contribution in [1.82, 2.24) is 4.57 Å². The maximum atomic E-state index is 12.9. The molecule has 0 amide bonds. The maximum Gasteiger partial charge on any atom is 0.273 e. The summed E-state index contributed by atoms with van der Waals surface area (Å²) in [5.41, 5.74) is 0.673. The van der Waals surface area contributed by atoms with Gasteiger partial charge in [0.25, 0.3) is 5.56 Å². The van der Waals surface area contributed by atoms with Gasteiger partial charge < -0.3 is 9.84 Å². The number of carbonyl (C=O) groups is 1. The summed E-state index contributed by atoms with van der Waals surface area (Å²) in [6.07, 6.45) is 1.35. The summed E-state index contributed by atoms with van der Waals surface area (Å²) in [5.74, 6) is -0.234. The van der Waals surface area contributed by atoms with E-state index in [9.17, 15) is 20.0 Å². The lowest BCUT2D eigenvalue weighted by atomic mass is 10.0. The number of phenolic OH excluding ortho intramolecular Hbond substituents is 1. The van der Waals surface area contributed by atoms with E-state index in [4.69, 9.17) is 4.74 Å². The normalized spacial score (nSPS) is 10.3. The Bertz CT molecular complexity index is 1140. The monoisotopic (exact) mass is 360 g/mol. The van der Waals surface area contributed by atoms with Crippen LogP contribution in [0, 0.1) is 18.3 Å². The number of aromatic nitrogens is 1. The molecular weight excluding hydrogens is 344 g/mol. The third-order valence-electron chi connectivity index (χ3n) is 4.14. The molecule has 0 spiro atoms. The number of ether oxygens (including phenoxy) is 1. The Morgan fingerprint density at radius 3 is 2.63 bits per heavy atom. The van der Waals surface area contributed by atoms with Gasteiger partial charge in [0.2, 0.25) is 0 Å². The molecule has 0 aliphatic carbocycles. The molecule has 0 radical (unpaired) electrons. The molecule has 6 nitrogen and oxygen atoms in total. The molecule has 0 fully saturated rings. The molecule has 2 aromatic carbocycles. The maximum absolute atomic E-state index is 12.9. The summed E-state index contributed by atoms with van der Waals surface area (Å²) >= 11 is 0. The van der Waals surface area contributed by atoms with Gasteiger partial charge in [-0.05, 0) is 37.3 Å². The number of pyridine rings is 1. The zero-order chi connectivity index (χ0) is 19.6. The first-order valence-electron chi connectivity index (χ1n) is 8.10. The van der Waals surface area contributed by atoms with Crippen molar-refractivity contribution in [2.75, 3.05) is 7.11 Å². The van der Waals surface area contributed by atoms with Crippen molar-refractivity contribution in [3.8, 4) is 23.3 Å². The van der Waals surface area contributed by atoms with E-state index < -0.39 is 11.3 Å². The van der Waals surface area contributed by atoms with E-state index in [-0.39, 0.29) is 22.4 Å². The summed E-state index contributed by atoms with van der Waals surface area (Å²) in [7, 11) is 1.47. The summed E-state index contributed by atoms with van der Waals surface area (Å²) in [6.45, 7) is 1.80. The molecule has 0 saturated carbocycles. The third kappa shape index (κ3) is 3.31. The Morgan fingerprint density at radius 2 is 1.93 bits per heavy atom. The first kappa shape index (κ1) is 18.0. The number of nitrogens with zero attached hydrogens (tertiary/aromatic N) is 2. The lowest BCUT2D eigenvalue weighted by Crippen LogP contribution is -2.23.